The second-order valence-electron chi connectivity index (χ2n) is 5.84. The quantitative estimate of drug-likeness (QED) is 0.319. The molecule has 0 aliphatic rings. The van der Waals surface area contributed by atoms with Crippen LogP contribution in [0.2, 0.25) is 0 Å². The van der Waals surface area contributed by atoms with Gasteiger partial charge in [0.2, 0.25) is 5.90 Å². The van der Waals surface area contributed by atoms with Gasteiger partial charge in [0.25, 0.3) is 0 Å². The Kier molecular flexibility index (Phi) is 8.09. The van der Waals surface area contributed by atoms with Crippen LogP contribution in [-0.2, 0) is 4.74 Å². The largest absolute Gasteiger partial charge is 0.494 e. The number of rotatable bonds is 11. The number of nitrogens with one attached hydrogen (secondary N) is 2. The third kappa shape index (κ3) is 6.97. The predicted molar refractivity (Wildman–Crippen MR) is 105 cm³/mol. The number of benzene rings is 1. The lowest BCUT2D eigenvalue weighted by Gasteiger charge is -2.09. The van der Waals surface area contributed by atoms with E-state index in [0.29, 0.717) is 31.3 Å². The van der Waals surface area contributed by atoms with Crippen LogP contribution in [0.3, 0.4) is 0 Å². The molecule has 0 saturated carbocycles. The van der Waals surface area contributed by atoms with Crippen molar-refractivity contribution in [1.82, 2.24) is 4.98 Å². The van der Waals surface area contributed by atoms with Crippen LogP contribution in [0.4, 0.5) is 0 Å². The Labute approximate surface area is 159 Å². The second kappa shape index (κ2) is 10.8. The van der Waals surface area contributed by atoms with Crippen LogP contribution >= 0.6 is 0 Å². The molecule has 144 valence electrons. The Balaban J connectivity index is 1.58. The first-order valence-corrected chi connectivity index (χ1v) is 8.98. The van der Waals surface area contributed by atoms with E-state index in [9.17, 15) is 0 Å². The smallest absolute Gasteiger partial charge is 0.213 e. The Morgan fingerprint density at radius 3 is 2.11 bits per heavy atom. The average Bonchev–Trinajstić information content (AvgIpc) is 2.68. The van der Waals surface area contributed by atoms with Crippen molar-refractivity contribution in [2.75, 3.05) is 19.8 Å². The van der Waals surface area contributed by atoms with E-state index in [1.165, 1.54) is 0 Å². The highest BCUT2D eigenvalue weighted by Crippen LogP contribution is 2.14. The molecular formula is C20H26N4O3. The van der Waals surface area contributed by atoms with Crippen LogP contribution in [0, 0.1) is 10.8 Å². The predicted octanol–water partition coefficient (Wildman–Crippen LogP) is 3.36. The number of nitrogens with zero attached hydrogens (tertiary/aromatic N) is 1. The van der Waals surface area contributed by atoms with Crippen molar-refractivity contribution in [3.63, 3.8) is 0 Å². The molecule has 1 aromatic carbocycles. The van der Waals surface area contributed by atoms with Crippen molar-refractivity contribution in [3.8, 4) is 11.5 Å². The first-order chi connectivity index (χ1) is 13.1. The summed E-state index contributed by atoms with van der Waals surface area (Å²) in [5.41, 5.74) is 6.55. The van der Waals surface area contributed by atoms with Crippen LogP contribution in [0.1, 0.15) is 37.4 Å². The molecule has 0 spiro atoms. The van der Waals surface area contributed by atoms with Crippen molar-refractivity contribution < 1.29 is 14.2 Å². The van der Waals surface area contributed by atoms with E-state index in [0.717, 1.165) is 30.6 Å². The number of unbranched alkanes of at least 4 members (excludes halogenated alkanes) is 2. The van der Waals surface area contributed by atoms with Gasteiger partial charge in [-0.05, 0) is 62.6 Å². The lowest BCUT2D eigenvalue weighted by molar-refractivity contribution is 0.279. The molecule has 7 heteroatoms. The minimum absolute atomic E-state index is 0.0521. The van der Waals surface area contributed by atoms with Gasteiger partial charge in [0.1, 0.15) is 23.0 Å². The molecule has 0 radical (unpaired) electrons. The van der Waals surface area contributed by atoms with Gasteiger partial charge in [0.15, 0.2) is 0 Å². The van der Waals surface area contributed by atoms with E-state index in [2.05, 4.69) is 4.98 Å². The van der Waals surface area contributed by atoms with Gasteiger partial charge in [-0.2, -0.15) is 0 Å². The molecule has 2 rings (SSSR count). The van der Waals surface area contributed by atoms with E-state index in [4.69, 9.17) is 30.8 Å². The summed E-state index contributed by atoms with van der Waals surface area (Å²) in [5, 5.41) is 15.0. The fourth-order valence-corrected chi connectivity index (χ4v) is 2.32. The van der Waals surface area contributed by atoms with Gasteiger partial charge in [0, 0.05) is 5.56 Å². The summed E-state index contributed by atoms with van der Waals surface area (Å²) in [6.45, 7) is 3.59. The maximum atomic E-state index is 7.73. The van der Waals surface area contributed by atoms with Crippen molar-refractivity contribution in [2.45, 2.75) is 26.2 Å². The summed E-state index contributed by atoms with van der Waals surface area (Å²) in [5.74, 6) is 1.59. The van der Waals surface area contributed by atoms with Gasteiger partial charge < -0.3 is 19.9 Å². The number of nitrogens with two attached hydrogens (primary N) is 1. The van der Waals surface area contributed by atoms with Crippen LogP contribution in [0.25, 0.3) is 0 Å². The van der Waals surface area contributed by atoms with Crippen LogP contribution in [0.5, 0.6) is 11.5 Å². The normalized spacial score (nSPS) is 10.3. The molecule has 0 unspecified atom stereocenters. The fourth-order valence-electron chi connectivity index (χ4n) is 2.32. The summed E-state index contributed by atoms with van der Waals surface area (Å²) >= 11 is 0. The molecule has 27 heavy (non-hydrogen) atoms. The number of hydrogen-bond donors (Lipinski definition) is 3. The molecule has 0 bridgehead atoms. The highest BCUT2D eigenvalue weighted by Gasteiger charge is 2.02. The zero-order valence-corrected chi connectivity index (χ0v) is 15.5. The number of pyridine rings is 1. The Morgan fingerprint density at radius 2 is 1.56 bits per heavy atom. The molecular weight excluding hydrogens is 344 g/mol. The maximum absolute atomic E-state index is 7.73. The van der Waals surface area contributed by atoms with E-state index in [-0.39, 0.29) is 11.7 Å². The molecule has 1 aromatic heterocycles. The number of nitrogen functional groups attached to an aromatic ring is 1. The zero-order chi connectivity index (χ0) is 19.5. The van der Waals surface area contributed by atoms with Gasteiger partial charge in [-0.3, -0.25) is 10.8 Å². The molecule has 0 aliphatic heterocycles. The number of hydrogen-bond acceptors (Lipinski definition) is 6. The first-order valence-electron chi connectivity index (χ1n) is 8.98. The Bertz CT molecular complexity index is 730. The minimum Gasteiger partial charge on any atom is -0.494 e. The van der Waals surface area contributed by atoms with E-state index in [1.54, 1.807) is 18.3 Å². The highest BCUT2D eigenvalue weighted by atomic mass is 16.5. The lowest BCUT2D eigenvalue weighted by atomic mass is 10.2. The minimum atomic E-state index is -0.0521. The maximum Gasteiger partial charge on any atom is 0.213 e. The summed E-state index contributed by atoms with van der Waals surface area (Å²) in [6, 6.07) is 10.8. The van der Waals surface area contributed by atoms with E-state index < -0.39 is 0 Å². The van der Waals surface area contributed by atoms with Crippen LogP contribution in [-0.4, -0.2) is 36.5 Å². The SMILES string of the molecule is CCOC(=N)c1ccc(OCCCCCOc2ccc(C(=N)N)nc2)cc1. The summed E-state index contributed by atoms with van der Waals surface area (Å²) in [6.07, 6.45) is 4.42. The molecule has 0 atom stereocenters. The monoisotopic (exact) mass is 370 g/mol. The Hall–Kier alpha value is -3.09. The summed E-state index contributed by atoms with van der Waals surface area (Å²) < 4.78 is 16.5. The van der Waals surface area contributed by atoms with E-state index >= 15 is 0 Å². The fraction of sp³-hybridized carbons (Fsp3) is 0.350. The molecule has 0 saturated heterocycles. The number of aromatic nitrogens is 1. The number of ether oxygens (including phenoxy) is 3. The van der Waals surface area contributed by atoms with Gasteiger partial charge in [-0.25, -0.2) is 4.98 Å². The van der Waals surface area contributed by atoms with Gasteiger partial charge >= 0.3 is 0 Å². The highest BCUT2D eigenvalue weighted by molar-refractivity contribution is 5.93. The van der Waals surface area contributed by atoms with Gasteiger partial charge in [-0.15, -0.1) is 0 Å². The van der Waals surface area contributed by atoms with Crippen molar-refractivity contribution in [1.29, 1.82) is 10.8 Å². The molecule has 0 aliphatic carbocycles. The van der Waals surface area contributed by atoms with Gasteiger partial charge in [0.05, 0.1) is 26.0 Å². The van der Waals surface area contributed by atoms with Crippen molar-refractivity contribution >= 4 is 11.7 Å². The topological polar surface area (TPSA) is 114 Å². The third-order valence-electron chi connectivity index (χ3n) is 3.74. The first kappa shape index (κ1) is 20.2. The second-order valence-corrected chi connectivity index (χ2v) is 5.84. The van der Waals surface area contributed by atoms with E-state index in [1.807, 2.05) is 31.2 Å². The van der Waals surface area contributed by atoms with Gasteiger partial charge in [-0.1, -0.05) is 0 Å². The summed E-state index contributed by atoms with van der Waals surface area (Å²) in [4.78, 5) is 4.05. The van der Waals surface area contributed by atoms with Crippen LogP contribution in [0.15, 0.2) is 42.6 Å². The van der Waals surface area contributed by atoms with Crippen LogP contribution < -0.4 is 15.2 Å². The Morgan fingerprint density at radius 1 is 0.926 bits per heavy atom. The molecule has 0 fully saturated rings. The molecule has 2 aromatic rings. The average molecular weight is 370 g/mol. The van der Waals surface area contributed by atoms with Crippen molar-refractivity contribution in [3.05, 3.63) is 53.9 Å². The summed E-state index contributed by atoms with van der Waals surface area (Å²) in [7, 11) is 0. The molecule has 0 amide bonds. The number of amidine groups is 1. The molecule has 7 nitrogen and oxygen atoms in total. The molecule has 4 N–H and O–H groups in total. The molecule has 1 heterocycles. The lowest BCUT2D eigenvalue weighted by Crippen LogP contribution is -2.12. The van der Waals surface area contributed by atoms with Crippen molar-refractivity contribution in [2.24, 2.45) is 5.73 Å². The zero-order valence-electron chi connectivity index (χ0n) is 15.5. The standard InChI is InChI=1S/C20H26N4O3/c1-2-25-20(23)15-6-8-16(9-7-15)26-12-4-3-5-13-27-17-10-11-18(19(21)22)24-14-17/h6-11,14,23H,2-5,12-13H2,1H3,(H3,21,22). The third-order valence-corrected chi connectivity index (χ3v) is 3.74.